The van der Waals surface area contributed by atoms with Crippen molar-refractivity contribution in [2.45, 2.75) is 51.7 Å². The molecule has 2 heterocycles. The smallest absolute Gasteiger partial charge is 0.185 e. The lowest BCUT2D eigenvalue weighted by Gasteiger charge is -2.20. The Morgan fingerprint density at radius 2 is 2.20 bits per heavy atom. The summed E-state index contributed by atoms with van der Waals surface area (Å²) in [5, 5.41) is 4.36. The molecule has 1 aliphatic heterocycles. The van der Waals surface area contributed by atoms with Crippen molar-refractivity contribution in [2.24, 2.45) is 0 Å². The second-order valence-corrected chi connectivity index (χ2v) is 7.63. The van der Waals surface area contributed by atoms with Crippen molar-refractivity contribution in [1.82, 2.24) is 10.3 Å². The maximum Gasteiger partial charge on any atom is 0.185 e. The van der Waals surface area contributed by atoms with Gasteiger partial charge in [0.25, 0.3) is 0 Å². The van der Waals surface area contributed by atoms with Crippen LogP contribution in [0.3, 0.4) is 0 Å². The van der Waals surface area contributed by atoms with Crippen LogP contribution in [-0.4, -0.2) is 38.3 Å². The fraction of sp³-hybridized carbons (Fsp3) is 0.800. The fourth-order valence-corrected chi connectivity index (χ4v) is 3.79. The Bertz CT molecular complexity index is 433. The topological polar surface area (TPSA) is 37.4 Å². The second kappa shape index (κ2) is 6.41. The number of ether oxygens (including phenoxy) is 1. The number of hydrogen-bond acceptors (Lipinski definition) is 5. The molecule has 1 saturated heterocycles. The van der Waals surface area contributed by atoms with Crippen molar-refractivity contribution in [3.63, 3.8) is 0 Å². The van der Waals surface area contributed by atoms with Crippen molar-refractivity contribution in [1.29, 1.82) is 0 Å². The average Bonchev–Trinajstić information content (AvgIpc) is 2.97. The van der Waals surface area contributed by atoms with Gasteiger partial charge in [-0.05, 0) is 19.9 Å². The van der Waals surface area contributed by atoms with Gasteiger partial charge in [0.1, 0.15) is 0 Å². The minimum atomic E-state index is 0.0889. The fourth-order valence-electron chi connectivity index (χ4n) is 2.54. The van der Waals surface area contributed by atoms with Crippen LogP contribution in [0, 0.1) is 0 Å². The van der Waals surface area contributed by atoms with E-state index in [2.05, 4.69) is 38.0 Å². The number of nitrogens with zero attached hydrogens (tertiary/aromatic N) is 2. The minimum Gasteiger partial charge on any atom is -0.376 e. The molecule has 0 radical (unpaired) electrons. The molecule has 1 fully saturated rings. The highest BCUT2D eigenvalue weighted by molar-refractivity contribution is 7.15. The molecule has 1 aromatic heterocycles. The number of aromatic nitrogens is 1. The van der Waals surface area contributed by atoms with Gasteiger partial charge in [0.05, 0.1) is 11.8 Å². The Kier molecular flexibility index (Phi) is 5.04. The third-order valence-electron chi connectivity index (χ3n) is 3.56. The van der Waals surface area contributed by atoms with Crippen molar-refractivity contribution in [2.75, 3.05) is 32.1 Å². The first-order chi connectivity index (χ1) is 9.41. The quantitative estimate of drug-likeness (QED) is 0.907. The summed E-state index contributed by atoms with van der Waals surface area (Å²) in [6.45, 7) is 9.42. The van der Waals surface area contributed by atoms with E-state index in [1.165, 1.54) is 23.4 Å². The maximum absolute atomic E-state index is 5.72. The van der Waals surface area contributed by atoms with Gasteiger partial charge in [-0.1, -0.05) is 20.8 Å². The molecule has 4 nitrogen and oxygen atoms in total. The molecule has 1 atom stereocenters. The van der Waals surface area contributed by atoms with Crippen LogP contribution in [0.25, 0.3) is 0 Å². The molecule has 114 valence electrons. The molecule has 1 unspecified atom stereocenters. The molecule has 5 heteroatoms. The highest BCUT2D eigenvalue weighted by Crippen LogP contribution is 2.33. The zero-order valence-corrected chi connectivity index (χ0v) is 14.1. The van der Waals surface area contributed by atoms with Gasteiger partial charge in [-0.3, -0.25) is 0 Å². The van der Waals surface area contributed by atoms with Gasteiger partial charge in [0, 0.05) is 37.0 Å². The SMILES string of the molecule is CNCc1sc(N(C)CC2CCCO2)nc1C(C)(C)C. The minimum absolute atomic E-state index is 0.0889. The highest BCUT2D eigenvalue weighted by atomic mass is 32.1. The molecule has 0 spiro atoms. The Balaban J connectivity index is 2.14. The van der Waals surface area contributed by atoms with Crippen molar-refractivity contribution >= 4 is 16.5 Å². The van der Waals surface area contributed by atoms with E-state index >= 15 is 0 Å². The van der Waals surface area contributed by atoms with Crippen molar-refractivity contribution in [3.05, 3.63) is 10.6 Å². The van der Waals surface area contributed by atoms with E-state index in [1.54, 1.807) is 11.3 Å². The summed E-state index contributed by atoms with van der Waals surface area (Å²) in [5.41, 5.74) is 1.30. The van der Waals surface area contributed by atoms with Gasteiger partial charge in [-0.2, -0.15) is 0 Å². The first-order valence-corrected chi connectivity index (χ1v) is 8.21. The molecule has 0 aromatic carbocycles. The lowest BCUT2D eigenvalue weighted by atomic mass is 9.91. The highest BCUT2D eigenvalue weighted by Gasteiger charge is 2.25. The van der Waals surface area contributed by atoms with Crippen LogP contribution in [0.15, 0.2) is 0 Å². The van der Waals surface area contributed by atoms with Crippen LogP contribution in [0.2, 0.25) is 0 Å². The molecule has 0 bridgehead atoms. The zero-order chi connectivity index (χ0) is 14.8. The van der Waals surface area contributed by atoms with E-state index in [0.29, 0.717) is 6.10 Å². The van der Waals surface area contributed by atoms with Crippen LogP contribution in [0.1, 0.15) is 44.2 Å². The van der Waals surface area contributed by atoms with Gasteiger partial charge in [-0.25, -0.2) is 4.98 Å². The van der Waals surface area contributed by atoms with E-state index in [9.17, 15) is 0 Å². The lowest BCUT2D eigenvalue weighted by molar-refractivity contribution is 0.116. The van der Waals surface area contributed by atoms with Crippen molar-refractivity contribution < 1.29 is 4.74 Å². The molecular formula is C15H27N3OS. The van der Waals surface area contributed by atoms with Gasteiger partial charge in [-0.15, -0.1) is 11.3 Å². The predicted octanol–water partition coefficient (Wildman–Crippen LogP) is 2.78. The molecule has 20 heavy (non-hydrogen) atoms. The molecule has 0 aliphatic carbocycles. The van der Waals surface area contributed by atoms with Gasteiger partial charge >= 0.3 is 0 Å². The second-order valence-electron chi connectivity index (χ2n) is 6.56. The van der Waals surface area contributed by atoms with Gasteiger partial charge in [0.2, 0.25) is 0 Å². The van der Waals surface area contributed by atoms with Crippen LogP contribution < -0.4 is 10.2 Å². The molecule has 1 aliphatic rings. The molecule has 1 N–H and O–H groups in total. The average molecular weight is 297 g/mol. The molecule has 0 saturated carbocycles. The number of likely N-dealkylation sites (N-methyl/N-ethyl adjacent to an activating group) is 1. The van der Waals surface area contributed by atoms with Gasteiger partial charge in [0.15, 0.2) is 5.13 Å². The Labute approximate surface area is 126 Å². The van der Waals surface area contributed by atoms with E-state index in [0.717, 1.165) is 24.8 Å². The summed E-state index contributed by atoms with van der Waals surface area (Å²) in [5.74, 6) is 0. The van der Waals surface area contributed by atoms with E-state index in [1.807, 2.05) is 7.05 Å². The maximum atomic E-state index is 5.72. The summed E-state index contributed by atoms with van der Waals surface area (Å²) in [6, 6.07) is 0. The number of rotatable bonds is 5. The molecule has 1 aromatic rings. The van der Waals surface area contributed by atoms with Crippen LogP contribution in [-0.2, 0) is 16.7 Å². The summed E-state index contributed by atoms with van der Waals surface area (Å²) in [6.07, 6.45) is 2.73. The van der Waals surface area contributed by atoms with Crippen LogP contribution in [0.5, 0.6) is 0 Å². The van der Waals surface area contributed by atoms with E-state index in [4.69, 9.17) is 9.72 Å². The largest absolute Gasteiger partial charge is 0.376 e. The molecular weight excluding hydrogens is 270 g/mol. The first kappa shape index (κ1) is 15.7. The summed E-state index contributed by atoms with van der Waals surface area (Å²) < 4.78 is 5.72. The Morgan fingerprint density at radius 1 is 1.45 bits per heavy atom. The first-order valence-electron chi connectivity index (χ1n) is 7.39. The summed E-state index contributed by atoms with van der Waals surface area (Å²) >= 11 is 1.80. The zero-order valence-electron chi connectivity index (χ0n) is 13.3. The van der Waals surface area contributed by atoms with E-state index in [-0.39, 0.29) is 5.41 Å². The molecule has 0 amide bonds. The molecule has 2 rings (SSSR count). The number of thiazole rings is 1. The third-order valence-corrected chi connectivity index (χ3v) is 4.73. The van der Waals surface area contributed by atoms with Crippen LogP contribution in [0.4, 0.5) is 5.13 Å². The van der Waals surface area contributed by atoms with Crippen molar-refractivity contribution in [3.8, 4) is 0 Å². The normalized spacial score (nSPS) is 19.6. The standard InChI is InChI=1S/C15H27N3OS/c1-15(2,3)13-12(9-16-4)20-14(17-13)18(5)10-11-7-6-8-19-11/h11,16H,6-10H2,1-5H3. The van der Waals surface area contributed by atoms with Gasteiger partial charge < -0.3 is 15.0 Å². The Morgan fingerprint density at radius 3 is 2.75 bits per heavy atom. The predicted molar refractivity (Wildman–Crippen MR) is 85.8 cm³/mol. The number of anilines is 1. The number of hydrogen-bond donors (Lipinski definition) is 1. The third kappa shape index (κ3) is 3.71. The monoisotopic (exact) mass is 297 g/mol. The summed E-state index contributed by atoms with van der Waals surface area (Å²) in [7, 11) is 4.11. The summed E-state index contributed by atoms with van der Waals surface area (Å²) in [4.78, 5) is 8.48. The lowest BCUT2D eigenvalue weighted by Crippen LogP contribution is -2.28. The van der Waals surface area contributed by atoms with Crippen LogP contribution >= 0.6 is 11.3 Å². The Hall–Kier alpha value is -0.650. The number of nitrogens with one attached hydrogen (secondary N) is 1. The van der Waals surface area contributed by atoms with E-state index < -0.39 is 0 Å².